The standard InChI is InChI=1S/C21H21N3O4/c1-4-13-28-19-8-6-5-7-17(19)14-22-24-20(25)15(2)23-21(26)16-9-11-18(27-3)12-10-16/h1,5-12,14-15H,13H2,2-3H3,(H,23,26)(H,24,25). The first kappa shape index (κ1) is 20.5. The summed E-state index contributed by atoms with van der Waals surface area (Å²) in [5.74, 6) is 2.75. The summed E-state index contributed by atoms with van der Waals surface area (Å²) in [6.07, 6.45) is 6.64. The molecule has 144 valence electrons. The maximum absolute atomic E-state index is 12.2. The molecule has 2 N–H and O–H groups in total. The van der Waals surface area contributed by atoms with Crippen LogP contribution in [0.5, 0.6) is 11.5 Å². The molecule has 1 unspecified atom stereocenters. The minimum atomic E-state index is -0.778. The monoisotopic (exact) mass is 379 g/mol. The second kappa shape index (κ2) is 10.4. The number of para-hydroxylation sites is 1. The SMILES string of the molecule is C#CCOc1ccccc1C=NNC(=O)C(C)NC(=O)c1ccc(OC)cc1. The summed E-state index contributed by atoms with van der Waals surface area (Å²) < 4.78 is 10.5. The van der Waals surface area contributed by atoms with Crippen molar-refractivity contribution < 1.29 is 19.1 Å². The predicted molar refractivity (Wildman–Crippen MR) is 106 cm³/mol. The van der Waals surface area contributed by atoms with Gasteiger partial charge in [0.2, 0.25) is 0 Å². The van der Waals surface area contributed by atoms with Crippen molar-refractivity contribution in [2.75, 3.05) is 13.7 Å². The number of nitrogens with zero attached hydrogens (tertiary/aromatic N) is 1. The lowest BCUT2D eigenvalue weighted by Gasteiger charge is -2.12. The molecule has 0 bridgehead atoms. The molecule has 0 heterocycles. The van der Waals surface area contributed by atoms with Gasteiger partial charge in [-0.3, -0.25) is 9.59 Å². The molecule has 1 atom stereocenters. The molecule has 7 nitrogen and oxygen atoms in total. The number of nitrogens with one attached hydrogen (secondary N) is 2. The van der Waals surface area contributed by atoms with Crippen LogP contribution in [-0.2, 0) is 4.79 Å². The Labute approximate surface area is 163 Å². The van der Waals surface area contributed by atoms with Gasteiger partial charge in [-0.15, -0.1) is 6.42 Å². The molecular weight excluding hydrogens is 358 g/mol. The average molecular weight is 379 g/mol. The molecule has 0 saturated carbocycles. The summed E-state index contributed by atoms with van der Waals surface area (Å²) in [5.41, 5.74) is 3.47. The van der Waals surface area contributed by atoms with Crippen LogP contribution in [0.15, 0.2) is 53.6 Å². The van der Waals surface area contributed by atoms with Crippen molar-refractivity contribution in [1.29, 1.82) is 0 Å². The van der Waals surface area contributed by atoms with Crippen LogP contribution in [0.1, 0.15) is 22.8 Å². The molecule has 0 saturated heterocycles. The van der Waals surface area contributed by atoms with Crippen molar-refractivity contribution >= 4 is 18.0 Å². The third kappa shape index (κ3) is 5.88. The fourth-order valence-electron chi connectivity index (χ4n) is 2.19. The number of hydrazone groups is 1. The quantitative estimate of drug-likeness (QED) is 0.417. The van der Waals surface area contributed by atoms with E-state index in [1.54, 1.807) is 56.5 Å². The van der Waals surface area contributed by atoms with E-state index in [1.165, 1.54) is 6.21 Å². The van der Waals surface area contributed by atoms with Crippen LogP contribution in [0.2, 0.25) is 0 Å². The Hall–Kier alpha value is -3.79. The summed E-state index contributed by atoms with van der Waals surface area (Å²) in [5, 5.41) is 6.52. The molecule has 0 aromatic heterocycles. The smallest absolute Gasteiger partial charge is 0.262 e. The Morgan fingerprint density at radius 1 is 1.21 bits per heavy atom. The maximum Gasteiger partial charge on any atom is 0.262 e. The zero-order valence-corrected chi connectivity index (χ0v) is 15.6. The Morgan fingerprint density at radius 2 is 1.93 bits per heavy atom. The van der Waals surface area contributed by atoms with Crippen LogP contribution in [0, 0.1) is 12.3 Å². The van der Waals surface area contributed by atoms with Crippen LogP contribution < -0.4 is 20.2 Å². The third-order valence-electron chi connectivity index (χ3n) is 3.70. The molecule has 0 aliphatic heterocycles. The second-order valence-corrected chi connectivity index (χ2v) is 5.69. The van der Waals surface area contributed by atoms with Gasteiger partial charge >= 0.3 is 0 Å². The van der Waals surface area contributed by atoms with E-state index in [-0.39, 0.29) is 12.5 Å². The van der Waals surface area contributed by atoms with Crippen LogP contribution in [-0.4, -0.2) is 37.8 Å². The van der Waals surface area contributed by atoms with Crippen molar-refractivity contribution in [3.63, 3.8) is 0 Å². The zero-order chi connectivity index (χ0) is 20.4. The van der Waals surface area contributed by atoms with E-state index in [4.69, 9.17) is 15.9 Å². The Morgan fingerprint density at radius 3 is 2.61 bits per heavy atom. The summed E-state index contributed by atoms with van der Waals surface area (Å²) >= 11 is 0. The van der Waals surface area contributed by atoms with E-state index >= 15 is 0 Å². The first-order chi connectivity index (χ1) is 13.5. The van der Waals surface area contributed by atoms with Crippen LogP contribution in [0.3, 0.4) is 0 Å². The first-order valence-corrected chi connectivity index (χ1v) is 8.48. The lowest BCUT2D eigenvalue weighted by molar-refractivity contribution is -0.122. The van der Waals surface area contributed by atoms with Gasteiger partial charge in [0.15, 0.2) is 0 Å². The summed E-state index contributed by atoms with van der Waals surface area (Å²) in [7, 11) is 1.54. The molecular formula is C21H21N3O4. The molecule has 2 aromatic carbocycles. The normalized spacial score (nSPS) is 11.3. The third-order valence-corrected chi connectivity index (χ3v) is 3.70. The summed E-state index contributed by atoms with van der Waals surface area (Å²) in [6.45, 7) is 1.70. The molecule has 28 heavy (non-hydrogen) atoms. The topological polar surface area (TPSA) is 89.0 Å². The number of amides is 2. The van der Waals surface area contributed by atoms with E-state index in [9.17, 15) is 9.59 Å². The van der Waals surface area contributed by atoms with Gasteiger partial charge in [0.1, 0.15) is 24.1 Å². The van der Waals surface area contributed by atoms with Crippen molar-refractivity contribution in [3.05, 3.63) is 59.7 Å². The number of hydrogen-bond donors (Lipinski definition) is 2. The highest BCUT2D eigenvalue weighted by molar-refractivity contribution is 5.97. The lowest BCUT2D eigenvalue weighted by atomic mass is 10.2. The number of methoxy groups -OCH3 is 1. The predicted octanol–water partition coefficient (Wildman–Crippen LogP) is 1.98. The number of terminal acetylenes is 1. The van der Waals surface area contributed by atoms with Crippen molar-refractivity contribution in [2.24, 2.45) is 5.10 Å². The van der Waals surface area contributed by atoms with Gasteiger partial charge in [0, 0.05) is 11.1 Å². The Bertz CT molecular complexity index is 885. The van der Waals surface area contributed by atoms with E-state index in [0.29, 0.717) is 22.6 Å². The largest absolute Gasteiger partial charge is 0.497 e. The molecule has 2 aromatic rings. The number of carbonyl (C=O) groups excluding carboxylic acids is 2. The van der Waals surface area contributed by atoms with Crippen molar-refractivity contribution in [2.45, 2.75) is 13.0 Å². The molecule has 7 heteroatoms. The van der Waals surface area contributed by atoms with Gasteiger partial charge in [0.25, 0.3) is 11.8 Å². The van der Waals surface area contributed by atoms with Crippen LogP contribution >= 0.6 is 0 Å². The molecule has 0 fully saturated rings. The molecule has 2 rings (SSSR count). The Kier molecular flexibility index (Phi) is 7.61. The van der Waals surface area contributed by atoms with Crippen LogP contribution in [0.4, 0.5) is 0 Å². The molecule has 0 radical (unpaired) electrons. The van der Waals surface area contributed by atoms with Crippen molar-refractivity contribution in [3.8, 4) is 23.8 Å². The number of carbonyl (C=O) groups is 2. The molecule has 2 amide bonds. The van der Waals surface area contributed by atoms with Gasteiger partial charge in [0.05, 0.1) is 13.3 Å². The van der Waals surface area contributed by atoms with Gasteiger partial charge in [-0.1, -0.05) is 18.1 Å². The van der Waals surface area contributed by atoms with E-state index in [1.807, 2.05) is 6.07 Å². The first-order valence-electron chi connectivity index (χ1n) is 8.48. The summed E-state index contributed by atoms with van der Waals surface area (Å²) in [4.78, 5) is 24.3. The highest BCUT2D eigenvalue weighted by Crippen LogP contribution is 2.15. The highest BCUT2D eigenvalue weighted by atomic mass is 16.5. The minimum Gasteiger partial charge on any atom is -0.497 e. The lowest BCUT2D eigenvalue weighted by Crippen LogP contribution is -2.43. The fraction of sp³-hybridized carbons (Fsp3) is 0.190. The van der Waals surface area contributed by atoms with E-state index in [2.05, 4.69) is 21.8 Å². The maximum atomic E-state index is 12.2. The van der Waals surface area contributed by atoms with E-state index < -0.39 is 11.9 Å². The summed E-state index contributed by atoms with van der Waals surface area (Å²) in [6, 6.07) is 12.9. The zero-order valence-electron chi connectivity index (χ0n) is 15.6. The number of hydrogen-bond acceptors (Lipinski definition) is 5. The van der Waals surface area contributed by atoms with Gasteiger partial charge in [-0.05, 0) is 43.3 Å². The highest BCUT2D eigenvalue weighted by Gasteiger charge is 2.16. The molecule has 0 aliphatic rings. The van der Waals surface area contributed by atoms with Gasteiger partial charge in [-0.25, -0.2) is 5.43 Å². The van der Waals surface area contributed by atoms with Gasteiger partial charge < -0.3 is 14.8 Å². The number of rotatable bonds is 8. The van der Waals surface area contributed by atoms with Gasteiger partial charge in [-0.2, -0.15) is 5.10 Å². The minimum absolute atomic E-state index is 0.131. The number of benzene rings is 2. The van der Waals surface area contributed by atoms with E-state index in [0.717, 1.165) is 0 Å². The Balaban J connectivity index is 1.91. The molecule has 0 spiro atoms. The second-order valence-electron chi connectivity index (χ2n) is 5.69. The van der Waals surface area contributed by atoms with Crippen LogP contribution in [0.25, 0.3) is 0 Å². The van der Waals surface area contributed by atoms with Crippen molar-refractivity contribution in [1.82, 2.24) is 10.7 Å². The number of ether oxygens (including phenoxy) is 2. The fourth-order valence-corrected chi connectivity index (χ4v) is 2.19. The molecule has 0 aliphatic carbocycles. The average Bonchev–Trinajstić information content (AvgIpc) is 2.72.